The summed E-state index contributed by atoms with van der Waals surface area (Å²) in [5, 5.41) is 2.81. The van der Waals surface area contributed by atoms with Crippen molar-refractivity contribution in [2.45, 2.75) is 19.3 Å². The number of carbonyl (C=O) groups excluding carboxylic acids is 1. The topological polar surface area (TPSA) is 66.5 Å². The molecular formula is C20H26N2O3S. The number of nitrogens with zero attached hydrogens (tertiary/aromatic N) is 1. The van der Waals surface area contributed by atoms with Crippen LogP contribution in [-0.4, -0.2) is 44.5 Å². The molecule has 0 aliphatic heterocycles. The monoisotopic (exact) mass is 374 g/mol. The zero-order valence-corrected chi connectivity index (χ0v) is 15.9. The summed E-state index contributed by atoms with van der Waals surface area (Å²) in [6, 6.07) is 19.6. The molecule has 26 heavy (non-hydrogen) atoms. The van der Waals surface area contributed by atoms with Crippen molar-refractivity contribution in [3.63, 3.8) is 0 Å². The highest BCUT2D eigenvalue weighted by atomic mass is 32.2. The van der Waals surface area contributed by atoms with E-state index in [4.69, 9.17) is 0 Å². The van der Waals surface area contributed by atoms with E-state index in [2.05, 4.69) is 5.32 Å². The first-order valence-electron chi connectivity index (χ1n) is 8.75. The Hall–Kier alpha value is -2.18. The maximum absolute atomic E-state index is 12.0. The van der Waals surface area contributed by atoms with Crippen LogP contribution in [0.15, 0.2) is 60.7 Å². The Morgan fingerprint density at radius 3 is 1.96 bits per heavy atom. The highest BCUT2D eigenvalue weighted by Crippen LogP contribution is 2.05. The lowest BCUT2D eigenvalue weighted by molar-refractivity contribution is -0.121. The lowest BCUT2D eigenvalue weighted by atomic mass is 10.1. The molecule has 0 aliphatic rings. The SMILES string of the molecule is CS(=O)(=O)N(CCNC(=O)CCc1ccccc1)CCc1ccccc1. The van der Waals surface area contributed by atoms with Gasteiger partial charge < -0.3 is 5.32 Å². The van der Waals surface area contributed by atoms with E-state index >= 15 is 0 Å². The molecule has 0 radical (unpaired) electrons. The number of benzene rings is 2. The van der Waals surface area contributed by atoms with Crippen LogP contribution < -0.4 is 5.32 Å². The molecule has 2 aromatic carbocycles. The second-order valence-electron chi connectivity index (χ2n) is 6.23. The number of amides is 1. The third-order valence-corrected chi connectivity index (χ3v) is 5.43. The molecule has 140 valence electrons. The fourth-order valence-electron chi connectivity index (χ4n) is 2.65. The Morgan fingerprint density at radius 2 is 1.42 bits per heavy atom. The summed E-state index contributed by atoms with van der Waals surface area (Å²) < 4.78 is 25.3. The van der Waals surface area contributed by atoms with Crippen LogP contribution in [0.1, 0.15) is 17.5 Å². The summed E-state index contributed by atoms with van der Waals surface area (Å²) in [7, 11) is -3.31. The van der Waals surface area contributed by atoms with Crippen molar-refractivity contribution in [3.8, 4) is 0 Å². The zero-order valence-electron chi connectivity index (χ0n) is 15.1. The molecule has 1 amide bonds. The van der Waals surface area contributed by atoms with Crippen molar-refractivity contribution in [1.82, 2.24) is 9.62 Å². The van der Waals surface area contributed by atoms with Crippen molar-refractivity contribution in [2.75, 3.05) is 25.9 Å². The quantitative estimate of drug-likeness (QED) is 0.694. The standard InChI is InChI=1S/C20H26N2O3S/c1-26(24,25)22(16-14-19-10-6-3-7-11-19)17-15-21-20(23)13-12-18-8-4-2-5-9-18/h2-11H,12-17H2,1H3,(H,21,23). The molecule has 2 aromatic rings. The fourth-order valence-corrected chi connectivity index (χ4v) is 3.50. The van der Waals surface area contributed by atoms with Crippen LogP contribution >= 0.6 is 0 Å². The second-order valence-corrected chi connectivity index (χ2v) is 8.22. The Kier molecular flexibility index (Phi) is 7.81. The summed E-state index contributed by atoms with van der Waals surface area (Å²) in [5.74, 6) is -0.0645. The van der Waals surface area contributed by atoms with E-state index in [9.17, 15) is 13.2 Å². The van der Waals surface area contributed by atoms with Crippen LogP contribution in [-0.2, 0) is 27.7 Å². The van der Waals surface area contributed by atoms with Crippen molar-refractivity contribution in [3.05, 3.63) is 71.8 Å². The average Bonchev–Trinajstić information content (AvgIpc) is 2.63. The molecule has 0 fully saturated rings. The minimum Gasteiger partial charge on any atom is -0.355 e. The number of aryl methyl sites for hydroxylation is 1. The molecule has 0 aromatic heterocycles. The van der Waals surface area contributed by atoms with Gasteiger partial charge in [-0.1, -0.05) is 60.7 Å². The van der Waals surface area contributed by atoms with E-state index in [-0.39, 0.29) is 12.5 Å². The number of rotatable bonds is 10. The Balaban J connectivity index is 1.75. The minimum absolute atomic E-state index is 0.0645. The van der Waals surface area contributed by atoms with E-state index in [0.717, 1.165) is 11.1 Å². The average molecular weight is 375 g/mol. The summed E-state index contributed by atoms with van der Waals surface area (Å²) >= 11 is 0. The van der Waals surface area contributed by atoms with Gasteiger partial charge in [-0.05, 0) is 24.0 Å². The van der Waals surface area contributed by atoms with Gasteiger partial charge >= 0.3 is 0 Å². The van der Waals surface area contributed by atoms with E-state index in [0.29, 0.717) is 32.4 Å². The maximum Gasteiger partial charge on any atom is 0.220 e. The van der Waals surface area contributed by atoms with Crippen LogP contribution in [0.3, 0.4) is 0 Å². The number of sulfonamides is 1. The number of hydrogen-bond donors (Lipinski definition) is 1. The van der Waals surface area contributed by atoms with Gasteiger partial charge in [0.15, 0.2) is 0 Å². The van der Waals surface area contributed by atoms with E-state index in [1.807, 2.05) is 60.7 Å². The molecule has 0 unspecified atom stereocenters. The molecule has 2 rings (SSSR count). The van der Waals surface area contributed by atoms with Gasteiger partial charge in [0.05, 0.1) is 6.26 Å². The van der Waals surface area contributed by atoms with E-state index in [1.165, 1.54) is 10.6 Å². The normalized spacial score (nSPS) is 11.5. The third-order valence-electron chi connectivity index (χ3n) is 4.13. The van der Waals surface area contributed by atoms with Crippen molar-refractivity contribution in [1.29, 1.82) is 0 Å². The molecule has 1 N–H and O–H groups in total. The first-order valence-corrected chi connectivity index (χ1v) is 10.6. The van der Waals surface area contributed by atoms with E-state index < -0.39 is 10.0 Å². The predicted octanol–water partition coefficient (Wildman–Crippen LogP) is 2.24. The highest BCUT2D eigenvalue weighted by Gasteiger charge is 2.16. The van der Waals surface area contributed by atoms with Crippen LogP contribution in [0.25, 0.3) is 0 Å². The lowest BCUT2D eigenvalue weighted by Gasteiger charge is -2.20. The molecule has 0 saturated carbocycles. The Morgan fingerprint density at radius 1 is 0.885 bits per heavy atom. The van der Waals surface area contributed by atoms with Crippen LogP contribution in [0.4, 0.5) is 0 Å². The van der Waals surface area contributed by atoms with Gasteiger partial charge in [0.25, 0.3) is 0 Å². The fraction of sp³-hybridized carbons (Fsp3) is 0.350. The van der Waals surface area contributed by atoms with Crippen LogP contribution in [0, 0.1) is 0 Å². The summed E-state index contributed by atoms with van der Waals surface area (Å²) in [4.78, 5) is 11.9. The molecular weight excluding hydrogens is 348 g/mol. The van der Waals surface area contributed by atoms with Gasteiger partial charge in [-0.3, -0.25) is 4.79 Å². The smallest absolute Gasteiger partial charge is 0.220 e. The maximum atomic E-state index is 12.0. The number of hydrogen-bond acceptors (Lipinski definition) is 3. The van der Waals surface area contributed by atoms with Gasteiger partial charge in [0.1, 0.15) is 0 Å². The Bertz CT molecular complexity index is 777. The predicted molar refractivity (Wildman–Crippen MR) is 104 cm³/mol. The zero-order chi connectivity index (χ0) is 18.8. The minimum atomic E-state index is -3.31. The molecule has 0 aliphatic carbocycles. The molecule has 0 spiro atoms. The van der Waals surface area contributed by atoms with Crippen molar-refractivity contribution >= 4 is 15.9 Å². The third kappa shape index (κ3) is 7.37. The van der Waals surface area contributed by atoms with Crippen molar-refractivity contribution < 1.29 is 13.2 Å². The summed E-state index contributed by atoms with van der Waals surface area (Å²) in [6.07, 6.45) is 2.93. The molecule has 5 nitrogen and oxygen atoms in total. The van der Waals surface area contributed by atoms with E-state index in [1.54, 1.807) is 0 Å². The summed E-state index contributed by atoms with van der Waals surface area (Å²) in [5.41, 5.74) is 2.20. The molecule has 0 atom stereocenters. The molecule has 6 heteroatoms. The molecule has 0 bridgehead atoms. The van der Waals surface area contributed by atoms with Gasteiger partial charge in [-0.25, -0.2) is 12.7 Å². The van der Waals surface area contributed by atoms with Gasteiger partial charge in [-0.2, -0.15) is 0 Å². The Labute approximate surface area is 156 Å². The van der Waals surface area contributed by atoms with Gasteiger partial charge in [-0.15, -0.1) is 0 Å². The first-order chi connectivity index (χ1) is 12.4. The highest BCUT2D eigenvalue weighted by molar-refractivity contribution is 7.88. The second kappa shape index (κ2) is 10.1. The van der Waals surface area contributed by atoms with Crippen molar-refractivity contribution in [2.24, 2.45) is 0 Å². The first kappa shape index (κ1) is 20.1. The number of carbonyl (C=O) groups is 1. The largest absolute Gasteiger partial charge is 0.355 e. The van der Waals surface area contributed by atoms with Crippen LogP contribution in [0.2, 0.25) is 0 Å². The number of nitrogens with one attached hydrogen (secondary N) is 1. The van der Waals surface area contributed by atoms with Crippen LogP contribution in [0.5, 0.6) is 0 Å². The molecule has 0 heterocycles. The van der Waals surface area contributed by atoms with Gasteiger partial charge in [0, 0.05) is 26.1 Å². The van der Waals surface area contributed by atoms with Gasteiger partial charge in [0.2, 0.25) is 15.9 Å². The summed E-state index contributed by atoms with van der Waals surface area (Å²) in [6.45, 7) is 1.00. The molecule has 0 saturated heterocycles. The lowest BCUT2D eigenvalue weighted by Crippen LogP contribution is -2.39.